The molecule has 4 aromatic rings. The van der Waals surface area contributed by atoms with Crippen LogP contribution in [0.2, 0.25) is 0 Å². The Hall–Kier alpha value is -6.03. The fourth-order valence-electron chi connectivity index (χ4n) is 8.05. The van der Waals surface area contributed by atoms with Crippen LogP contribution in [-0.2, 0) is 29.0 Å². The standard InChI is InChI=1S/C40H43FN10O5/c1-25-34(21-42-38-37(25)55-16-17-56-38)49-10-8-27-20-43-39(45-33(27)24-49)44-28-3-2-26(32(41)19-28)18-36(53)48-14-12-47(13-15-48)31-22-50(23-31)29-4-6-30(7-5-29)51-11-9-35(52)46-40(51)54/h2-7,19-21,31H,8-18,22-24H2,1H3,(H,43,44,45)(H,46,52,54). The van der Waals surface area contributed by atoms with Crippen LogP contribution in [0, 0.1) is 12.7 Å². The van der Waals surface area contributed by atoms with E-state index in [1.165, 1.54) is 6.07 Å². The summed E-state index contributed by atoms with van der Waals surface area (Å²) in [5.74, 6) is 0.798. The fraction of sp³-hybridized carbons (Fsp3) is 0.400. The molecule has 0 radical (unpaired) electrons. The van der Waals surface area contributed by atoms with Crippen molar-refractivity contribution in [1.29, 1.82) is 0 Å². The first-order valence-electron chi connectivity index (χ1n) is 19.1. The lowest BCUT2D eigenvalue weighted by molar-refractivity contribution is -0.132. The van der Waals surface area contributed by atoms with Crippen LogP contribution in [0.15, 0.2) is 54.9 Å². The van der Waals surface area contributed by atoms with Crippen molar-refractivity contribution in [3.05, 3.63) is 83.1 Å². The Labute approximate surface area is 323 Å². The zero-order valence-corrected chi connectivity index (χ0v) is 31.2. The number of hydrogen-bond donors (Lipinski definition) is 2. The lowest BCUT2D eigenvalue weighted by Gasteiger charge is -2.49. The number of halogens is 1. The summed E-state index contributed by atoms with van der Waals surface area (Å²) in [5.41, 5.74) is 6.61. The van der Waals surface area contributed by atoms with Gasteiger partial charge >= 0.3 is 6.03 Å². The molecule has 0 unspecified atom stereocenters. The maximum atomic E-state index is 15.4. The van der Waals surface area contributed by atoms with Crippen molar-refractivity contribution in [3.63, 3.8) is 0 Å². The number of benzene rings is 2. The van der Waals surface area contributed by atoms with Crippen LogP contribution in [0.3, 0.4) is 0 Å². The number of hydrogen-bond acceptors (Lipinski definition) is 12. The number of rotatable bonds is 8. The average Bonchev–Trinajstić information content (AvgIpc) is 3.19. The number of ether oxygens (including phenoxy) is 2. The highest BCUT2D eigenvalue weighted by Gasteiger charge is 2.35. The van der Waals surface area contributed by atoms with Crippen LogP contribution in [-0.4, -0.2) is 114 Å². The Morgan fingerprint density at radius 2 is 1.70 bits per heavy atom. The monoisotopic (exact) mass is 762 g/mol. The number of carbonyl (C=O) groups excluding carboxylic acids is 3. The number of carbonyl (C=O) groups is 3. The van der Waals surface area contributed by atoms with Gasteiger partial charge in [-0.15, -0.1) is 0 Å². The number of fused-ring (bicyclic) bond motifs is 2. The molecule has 9 rings (SSSR count). The molecule has 2 N–H and O–H groups in total. The lowest BCUT2D eigenvalue weighted by Crippen LogP contribution is -2.63. The summed E-state index contributed by atoms with van der Waals surface area (Å²) in [4.78, 5) is 61.0. The number of aromatic nitrogens is 3. The first-order valence-corrected chi connectivity index (χ1v) is 19.1. The zero-order valence-electron chi connectivity index (χ0n) is 31.2. The molecule has 3 fully saturated rings. The smallest absolute Gasteiger partial charge is 0.328 e. The van der Waals surface area contributed by atoms with E-state index in [2.05, 4.69) is 35.3 Å². The van der Waals surface area contributed by atoms with E-state index in [0.717, 1.165) is 73.0 Å². The molecule has 0 atom stereocenters. The normalized spacial score (nSPS) is 18.7. The van der Waals surface area contributed by atoms with E-state index in [9.17, 15) is 14.4 Å². The van der Waals surface area contributed by atoms with Gasteiger partial charge in [-0.05, 0) is 60.9 Å². The molecule has 0 bridgehead atoms. The Bertz CT molecular complexity index is 2170. The van der Waals surface area contributed by atoms with Crippen molar-refractivity contribution in [1.82, 2.24) is 30.1 Å². The second-order valence-electron chi connectivity index (χ2n) is 14.8. The number of urea groups is 1. The molecule has 16 heteroatoms. The minimum atomic E-state index is -0.454. The summed E-state index contributed by atoms with van der Waals surface area (Å²) in [6.07, 6.45) is 4.71. The van der Waals surface area contributed by atoms with E-state index in [1.807, 2.05) is 48.5 Å². The number of nitrogens with one attached hydrogen (secondary N) is 2. The molecule has 5 aliphatic rings. The van der Waals surface area contributed by atoms with Gasteiger partial charge in [0, 0.05) is 93.6 Å². The van der Waals surface area contributed by atoms with Crippen LogP contribution >= 0.6 is 0 Å². The van der Waals surface area contributed by atoms with Gasteiger partial charge in [0.2, 0.25) is 17.8 Å². The van der Waals surface area contributed by atoms with Crippen molar-refractivity contribution >= 4 is 46.5 Å². The van der Waals surface area contributed by atoms with E-state index in [4.69, 9.17) is 14.5 Å². The Morgan fingerprint density at radius 1 is 0.911 bits per heavy atom. The third kappa shape index (κ3) is 7.11. The summed E-state index contributed by atoms with van der Waals surface area (Å²) in [5, 5.41) is 5.50. The predicted molar refractivity (Wildman–Crippen MR) is 206 cm³/mol. The van der Waals surface area contributed by atoms with Crippen LogP contribution in [0.4, 0.5) is 37.9 Å². The molecule has 7 heterocycles. The summed E-state index contributed by atoms with van der Waals surface area (Å²) in [6, 6.07) is 12.6. The molecule has 0 aliphatic carbocycles. The molecule has 290 valence electrons. The highest BCUT2D eigenvalue weighted by Crippen LogP contribution is 2.38. The number of nitrogens with zero attached hydrogens (tertiary/aromatic N) is 8. The van der Waals surface area contributed by atoms with Crippen molar-refractivity contribution < 1.29 is 28.2 Å². The molecule has 2 aromatic carbocycles. The number of piperazine rings is 1. The molecule has 56 heavy (non-hydrogen) atoms. The van der Waals surface area contributed by atoms with Gasteiger partial charge in [0.1, 0.15) is 19.0 Å². The van der Waals surface area contributed by atoms with Gasteiger partial charge in [0.25, 0.3) is 5.88 Å². The molecule has 15 nitrogen and oxygen atoms in total. The number of anilines is 5. The topological polar surface area (TPSA) is 149 Å². The van der Waals surface area contributed by atoms with Crippen molar-refractivity contribution in [3.8, 4) is 11.6 Å². The van der Waals surface area contributed by atoms with Gasteiger partial charge in [-0.25, -0.2) is 24.1 Å². The second kappa shape index (κ2) is 14.9. The van der Waals surface area contributed by atoms with Crippen molar-refractivity contribution in [2.24, 2.45) is 0 Å². The second-order valence-corrected chi connectivity index (χ2v) is 14.8. The van der Waals surface area contributed by atoms with Gasteiger partial charge in [0.05, 0.1) is 30.5 Å². The third-order valence-electron chi connectivity index (χ3n) is 11.4. The highest BCUT2D eigenvalue weighted by molar-refractivity contribution is 6.05. The van der Waals surface area contributed by atoms with Crippen molar-refractivity contribution in [2.75, 3.05) is 85.6 Å². The number of imide groups is 1. The van der Waals surface area contributed by atoms with Gasteiger partial charge in [-0.1, -0.05) is 6.07 Å². The van der Waals surface area contributed by atoms with Gasteiger partial charge < -0.3 is 29.5 Å². The Morgan fingerprint density at radius 3 is 2.48 bits per heavy atom. The summed E-state index contributed by atoms with van der Waals surface area (Å²) < 4.78 is 26.9. The maximum Gasteiger partial charge on any atom is 0.328 e. The van der Waals surface area contributed by atoms with E-state index < -0.39 is 5.82 Å². The van der Waals surface area contributed by atoms with Gasteiger partial charge in [-0.3, -0.25) is 24.7 Å². The average molecular weight is 763 g/mol. The lowest BCUT2D eigenvalue weighted by atomic mass is 10.0. The molecular weight excluding hydrogens is 720 g/mol. The van der Waals surface area contributed by atoms with E-state index in [-0.39, 0.29) is 24.3 Å². The largest absolute Gasteiger partial charge is 0.484 e. The van der Waals surface area contributed by atoms with Crippen molar-refractivity contribution in [2.45, 2.75) is 38.8 Å². The van der Waals surface area contributed by atoms with E-state index in [1.54, 1.807) is 17.0 Å². The molecule has 3 saturated heterocycles. The third-order valence-corrected chi connectivity index (χ3v) is 11.4. The first-order chi connectivity index (χ1) is 27.3. The number of pyridine rings is 1. The minimum Gasteiger partial charge on any atom is -0.484 e. The predicted octanol–water partition coefficient (Wildman–Crippen LogP) is 3.42. The Kier molecular flexibility index (Phi) is 9.49. The summed E-state index contributed by atoms with van der Waals surface area (Å²) in [7, 11) is 0. The zero-order chi connectivity index (χ0) is 38.3. The number of amides is 4. The molecule has 0 spiro atoms. The van der Waals surface area contributed by atoms with E-state index >= 15 is 4.39 Å². The quantitative estimate of drug-likeness (QED) is 0.271. The molecule has 0 saturated carbocycles. The molecular formula is C40H43FN10O5. The minimum absolute atomic E-state index is 0.00593. The highest BCUT2D eigenvalue weighted by atomic mass is 19.1. The fourth-order valence-corrected chi connectivity index (χ4v) is 8.05. The van der Waals surface area contributed by atoms with Crippen LogP contribution in [0.1, 0.15) is 28.8 Å². The van der Waals surface area contributed by atoms with Gasteiger partial charge in [0.15, 0.2) is 5.75 Å². The van der Waals surface area contributed by atoms with E-state index in [0.29, 0.717) is 80.7 Å². The molecule has 4 amide bonds. The van der Waals surface area contributed by atoms with Crippen LogP contribution < -0.4 is 34.8 Å². The molecule has 5 aliphatic heterocycles. The maximum absolute atomic E-state index is 15.4. The summed E-state index contributed by atoms with van der Waals surface area (Å²) >= 11 is 0. The Balaban J connectivity index is 0.747. The van der Waals surface area contributed by atoms with Crippen LogP contribution in [0.25, 0.3) is 0 Å². The van der Waals surface area contributed by atoms with Gasteiger partial charge in [-0.2, -0.15) is 0 Å². The summed E-state index contributed by atoms with van der Waals surface area (Å²) in [6.45, 7) is 9.23. The molecule has 2 aromatic heterocycles. The van der Waals surface area contributed by atoms with Crippen LogP contribution in [0.5, 0.6) is 11.6 Å². The SMILES string of the molecule is Cc1c(N2CCc3cnc(Nc4ccc(CC(=O)N5CCN(C6CN(c7ccc(N8CCC(=O)NC8=O)cc7)C6)CC5)c(F)c4)nc3C2)cnc2c1OCCO2. The first kappa shape index (κ1) is 35.7.